The minimum atomic E-state index is -0.117. The van der Waals surface area contributed by atoms with Crippen molar-refractivity contribution in [2.75, 3.05) is 0 Å². The molecule has 3 rings (SSSR count). The van der Waals surface area contributed by atoms with Gasteiger partial charge in [0.05, 0.1) is 10.9 Å². The van der Waals surface area contributed by atoms with Crippen LogP contribution in [0.4, 0.5) is 0 Å². The van der Waals surface area contributed by atoms with Gasteiger partial charge in [0.15, 0.2) is 0 Å². The van der Waals surface area contributed by atoms with Crippen LogP contribution < -0.4 is 11.3 Å². The van der Waals surface area contributed by atoms with E-state index >= 15 is 0 Å². The second-order valence-corrected chi connectivity index (χ2v) is 5.65. The largest absolute Gasteiger partial charge is 0.324 e. The molecule has 0 aliphatic heterocycles. The van der Waals surface area contributed by atoms with E-state index in [0.717, 1.165) is 35.3 Å². The lowest BCUT2D eigenvalue weighted by Crippen LogP contribution is -2.23. The Morgan fingerprint density at radius 2 is 2.11 bits per heavy atom. The number of rotatable bonds is 2. The summed E-state index contributed by atoms with van der Waals surface area (Å²) in [7, 11) is 1.82. The van der Waals surface area contributed by atoms with E-state index in [1.165, 1.54) is 0 Å². The summed E-state index contributed by atoms with van der Waals surface area (Å²) < 4.78 is 1.70. The van der Waals surface area contributed by atoms with Crippen LogP contribution in [0.1, 0.15) is 48.7 Å². The van der Waals surface area contributed by atoms with Gasteiger partial charge >= 0.3 is 0 Å². The number of nitrogens with zero attached hydrogens (tertiary/aromatic N) is 2. The zero-order valence-electron chi connectivity index (χ0n) is 11.6. The quantitative estimate of drug-likeness (QED) is 0.896. The first kappa shape index (κ1) is 12.4. The van der Waals surface area contributed by atoms with E-state index in [-0.39, 0.29) is 11.6 Å². The summed E-state index contributed by atoms with van der Waals surface area (Å²) in [5, 5.41) is 0.680. The third kappa shape index (κ3) is 1.96. The zero-order chi connectivity index (χ0) is 13.7. The number of aromatic nitrogens is 2. The van der Waals surface area contributed by atoms with Gasteiger partial charge in [-0.25, -0.2) is 4.98 Å². The van der Waals surface area contributed by atoms with E-state index in [4.69, 9.17) is 10.7 Å². The van der Waals surface area contributed by atoms with Crippen molar-refractivity contribution in [1.82, 2.24) is 9.55 Å². The van der Waals surface area contributed by atoms with Crippen molar-refractivity contribution in [3.63, 3.8) is 0 Å². The number of benzene rings is 1. The van der Waals surface area contributed by atoms with Crippen molar-refractivity contribution in [3.8, 4) is 0 Å². The van der Waals surface area contributed by atoms with Crippen LogP contribution in [0.25, 0.3) is 10.9 Å². The molecule has 1 aromatic heterocycles. The summed E-state index contributed by atoms with van der Waals surface area (Å²) in [6.07, 6.45) is 2.26. The van der Waals surface area contributed by atoms with E-state index in [2.05, 4.69) is 0 Å². The highest BCUT2D eigenvalue weighted by atomic mass is 16.1. The van der Waals surface area contributed by atoms with Crippen molar-refractivity contribution in [3.05, 3.63) is 39.4 Å². The van der Waals surface area contributed by atoms with E-state index in [0.29, 0.717) is 11.3 Å². The van der Waals surface area contributed by atoms with Crippen molar-refractivity contribution >= 4 is 10.9 Å². The van der Waals surface area contributed by atoms with Gasteiger partial charge in [-0.3, -0.25) is 9.36 Å². The third-order valence-corrected chi connectivity index (χ3v) is 3.82. The molecule has 2 aromatic rings. The lowest BCUT2D eigenvalue weighted by Gasteiger charge is -2.14. The molecule has 1 saturated carbocycles. The molecule has 0 spiro atoms. The molecule has 2 N–H and O–H groups in total. The molecule has 100 valence electrons. The minimum Gasteiger partial charge on any atom is -0.324 e. The van der Waals surface area contributed by atoms with Crippen molar-refractivity contribution in [2.45, 2.75) is 38.6 Å². The standard InChI is InChI=1S/C15H19N3O/c1-8-6-11(9(2)16)13-12(7-8)15(19)18(3)14(17-13)10-4-5-10/h6-7,9-10H,4-5,16H2,1-3H3. The lowest BCUT2D eigenvalue weighted by molar-refractivity contribution is 0.740. The highest BCUT2D eigenvalue weighted by Crippen LogP contribution is 2.39. The van der Waals surface area contributed by atoms with Gasteiger partial charge < -0.3 is 5.73 Å². The molecule has 0 radical (unpaired) electrons. The average molecular weight is 257 g/mol. The molecule has 19 heavy (non-hydrogen) atoms. The van der Waals surface area contributed by atoms with Crippen LogP contribution in [0.2, 0.25) is 0 Å². The number of fused-ring (bicyclic) bond motifs is 1. The Bertz CT molecular complexity index is 711. The maximum absolute atomic E-state index is 12.5. The smallest absolute Gasteiger partial charge is 0.261 e. The third-order valence-electron chi connectivity index (χ3n) is 3.82. The Kier molecular flexibility index (Phi) is 2.71. The number of hydrogen-bond acceptors (Lipinski definition) is 3. The molecule has 1 aliphatic rings. The van der Waals surface area contributed by atoms with Crippen LogP contribution in [0, 0.1) is 6.92 Å². The van der Waals surface area contributed by atoms with Crippen LogP contribution in [0.3, 0.4) is 0 Å². The van der Waals surface area contributed by atoms with Gasteiger partial charge in [-0.05, 0) is 43.9 Å². The Morgan fingerprint density at radius 3 is 2.68 bits per heavy atom. The lowest BCUT2D eigenvalue weighted by atomic mass is 10.0. The highest BCUT2D eigenvalue weighted by Gasteiger charge is 2.28. The van der Waals surface area contributed by atoms with E-state index < -0.39 is 0 Å². The van der Waals surface area contributed by atoms with E-state index in [9.17, 15) is 4.79 Å². The zero-order valence-corrected chi connectivity index (χ0v) is 11.6. The molecule has 1 aliphatic carbocycles. The molecule has 1 aromatic carbocycles. The van der Waals surface area contributed by atoms with Crippen LogP contribution >= 0.6 is 0 Å². The monoisotopic (exact) mass is 257 g/mol. The Balaban J connectivity index is 2.41. The summed E-state index contributed by atoms with van der Waals surface area (Å²) >= 11 is 0. The van der Waals surface area contributed by atoms with E-state index in [1.807, 2.05) is 33.0 Å². The molecule has 4 heteroatoms. The second-order valence-electron chi connectivity index (χ2n) is 5.65. The van der Waals surface area contributed by atoms with Gasteiger partial charge in [-0.2, -0.15) is 0 Å². The molecule has 1 atom stereocenters. The predicted molar refractivity (Wildman–Crippen MR) is 76.3 cm³/mol. The SMILES string of the molecule is Cc1cc(C(C)N)c2nc(C3CC3)n(C)c(=O)c2c1. The summed E-state index contributed by atoms with van der Waals surface area (Å²) in [6.45, 7) is 3.92. The number of aryl methyl sites for hydroxylation is 1. The minimum absolute atomic E-state index is 0.0394. The van der Waals surface area contributed by atoms with Gasteiger partial charge in [0.2, 0.25) is 0 Å². The topological polar surface area (TPSA) is 60.9 Å². The fraction of sp³-hybridized carbons (Fsp3) is 0.467. The number of nitrogens with two attached hydrogens (primary N) is 1. The summed E-state index contributed by atoms with van der Waals surface area (Å²) in [4.78, 5) is 17.2. The van der Waals surface area contributed by atoms with Crippen molar-refractivity contribution in [1.29, 1.82) is 0 Å². The van der Waals surface area contributed by atoms with Gasteiger partial charge in [0, 0.05) is 19.0 Å². The van der Waals surface area contributed by atoms with Crippen molar-refractivity contribution in [2.24, 2.45) is 12.8 Å². The van der Waals surface area contributed by atoms with Gasteiger partial charge in [-0.15, -0.1) is 0 Å². The Morgan fingerprint density at radius 1 is 1.42 bits per heavy atom. The van der Waals surface area contributed by atoms with Gasteiger partial charge in [0.25, 0.3) is 5.56 Å². The first-order valence-corrected chi connectivity index (χ1v) is 6.75. The molecule has 1 unspecified atom stereocenters. The summed E-state index contributed by atoms with van der Waals surface area (Å²) in [5.74, 6) is 1.35. The molecule has 0 amide bonds. The summed E-state index contributed by atoms with van der Waals surface area (Å²) in [6, 6.07) is 3.83. The van der Waals surface area contributed by atoms with Crippen LogP contribution in [-0.4, -0.2) is 9.55 Å². The molecule has 0 bridgehead atoms. The highest BCUT2D eigenvalue weighted by molar-refractivity contribution is 5.82. The average Bonchev–Trinajstić information content (AvgIpc) is 3.17. The molecular formula is C15H19N3O. The van der Waals surface area contributed by atoms with Crippen LogP contribution in [0.15, 0.2) is 16.9 Å². The molecule has 0 saturated heterocycles. The molecule has 1 heterocycles. The first-order chi connectivity index (χ1) is 8.99. The van der Waals surface area contributed by atoms with Gasteiger partial charge in [-0.1, -0.05) is 6.07 Å². The Hall–Kier alpha value is -1.68. The predicted octanol–water partition coefficient (Wildman–Crippen LogP) is 2.14. The van der Waals surface area contributed by atoms with Crippen molar-refractivity contribution < 1.29 is 0 Å². The van der Waals surface area contributed by atoms with Crippen LogP contribution in [0.5, 0.6) is 0 Å². The molecule has 1 fully saturated rings. The maximum atomic E-state index is 12.5. The Labute approximate surface area is 112 Å². The normalized spacial score (nSPS) is 16.8. The number of hydrogen-bond donors (Lipinski definition) is 1. The van der Waals surface area contributed by atoms with E-state index in [1.54, 1.807) is 4.57 Å². The second kappa shape index (κ2) is 4.17. The summed E-state index contributed by atoms with van der Waals surface area (Å²) in [5.41, 5.74) is 8.87. The molecular weight excluding hydrogens is 238 g/mol. The first-order valence-electron chi connectivity index (χ1n) is 6.75. The van der Waals surface area contributed by atoms with Gasteiger partial charge in [0.1, 0.15) is 5.82 Å². The maximum Gasteiger partial charge on any atom is 0.261 e. The van der Waals surface area contributed by atoms with Crippen LogP contribution in [-0.2, 0) is 7.05 Å². The fourth-order valence-corrected chi connectivity index (χ4v) is 2.62. The fourth-order valence-electron chi connectivity index (χ4n) is 2.62. The molecule has 4 nitrogen and oxygen atoms in total.